The van der Waals surface area contributed by atoms with E-state index in [2.05, 4.69) is 23.3 Å². The molecule has 0 amide bonds. The number of nitrogens with one attached hydrogen (secondary N) is 2. The van der Waals surface area contributed by atoms with E-state index in [1.165, 1.54) is 38.5 Å². The van der Waals surface area contributed by atoms with Gasteiger partial charge in [-0.2, -0.15) is 25.3 Å². The Kier molecular flexibility index (Phi) is 23.2. The highest BCUT2D eigenvalue weighted by molar-refractivity contribution is 7.90. The number of benzene rings is 2. The number of hydrogen-bond acceptors (Lipinski definition) is 7. The molecular weight excluding hydrogens is 693 g/mol. The van der Waals surface area contributed by atoms with Crippen LogP contribution in [0.5, 0.6) is 0 Å². The molecule has 0 spiro atoms. The average Bonchev–Trinajstić information content (AvgIpc) is 3.09. The molecule has 11 heteroatoms. The molecule has 4 unspecified atom stereocenters. The summed E-state index contributed by atoms with van der Waals surface area (Å²) >= 11 is 9.49. The van der Waals surface area contributed by atoms with Crippen molar-refractivity contribution >= 4 is 45.3 Å². The van der Waals surface area contributed by atoms with Crippen molar-refractivity contribution in [2.24, 2.45) is 0 Å². The first-order valence-electron chi connectivity index (χ1n) is 18.6. The fourth-order valence-electron chi connectivity index (χ4n) is 5.98. The van der Waals surface area contributed by atoms with E-state index < -0.39 is 30.5 Å². The molecule has 0 aliphatic heterocycles. The topological polar surface area (TPSA) is 102 Å². The lowest BCUT2D eigenvalue weighted by Crippen LogP contribution is -2.37. The summed E-state index contributed by atoms with van der Waals surface area (Å²) in [6, 6.07) is 19.1. The predicted molar refractivity (Wildman–Crippen MR) is 214 cm³/mol. The zero-order valence-corrected chi connectivity index (χ0v) is 33.4. The van der Waals surface area contributed by atoms with Crippen LogP contribution in [0.2, 0.25) is 0 Å². The highest BCUT2D eigenvalue weighted by Crippen LogP contribution is 2.23. The van der Waals surface area contributed by atoms with Gasteiger partial charge in [0.05, 0.1) is 23.7 Å². The Hall–Kier alpha value is -1.08. The van der Waals surface area contributed by atoms with E-state index in [4.69, 9.17) is 30.0 Å². The Labute approximate surface area is 310 Å². The van der Waals surface area contributed by atoms with Crippen LogP contribution < -0.4 is 9.44 Å². The lowest BCUT2D eigenvalue weighted by atomic mass is 10.1. The van der Waals surface area contributed by atoms with E-state index in [1.807, 2.05) is 60.7 Å². The largest absolute Gasteiger partial charge is 0.379 e. The number of ether oxygens (including phenoxy) is 1. The summed E-state index contributed by atoms with van der Waals surface area (Å²) in [5, 5.41) is -1.70. The first kappa shape index (κ1) is 44.1. The lowest BCUT2D eigenvalue weighted by molar-refractivity contribution is 0.133. The second-order valence-electron chi connectivity index (χ2n) is 13.4. The van der Waals surface area contributed by atoms with Gasteiger partial charge in [0.15, 0.2) is 0 Å². The molecule has 0 saturated heterocycles. The third-order valence-electron chi connectivity index (χ3n) is 8.97. The highest BCUT2D eigenvalue weighted by atomic mass is 32.2. The van der Waals surface area contributed by atoms with Crippen molar-refractivity contribution in [2.45, 2.75) is 151 Å². The molecule has 2 N–H and O–H groups in total. The minimum absolute atomic E-state index is 0.258. The van der Waals surface area contributed by atoms with Gasteiger partial charge in [-0.15, -0.1) is 0 Å². The monoisotopic (exact) mass is 756 g/mol. The first-order valence-corrected chi connectivity index (χ1v) is 22.7. The summed E-state index contributed by atoms with van der Waals surface area (Å²) in [5.74, 6) is 0. The summed E-state index contributed by atoms with van der Waals surface area (Å²) in [6.45, 7) is 5.42. The molecule has 4 atom stereocenters. The van der Waals surface area contributed by atoms with Crippen LogP contribution in [0.25, 0.3) is 0 Å². The van der Waals surface area contributed by atoms with E-state index in [-0.39, 0.29) is 36.8 Å². The van der Waals surface area contributed by atoms with Crippen molar-refractivity contribution in [1.82, 2.24) is 9.44 Å². The van der Waals surface area contributed by atoms with Gasteiger partial charge in [0.25, 0.3) is 0 Å². The quantitative estimate of drug-likeness (QED) is 0.0472. The fraction of sp³-hybridized carbons (Fsp3) is 0.684. The molecule has 0 bridgehead atoms. The van der Waals surface area contributed by atoms with Crippen molar-refractivity contribution < 1.29 is 21.6 Å². The Morgan fingerprint density at radius 3 is 1.27 bits per heavy atom. The van der Waals surface area contributed by atoms with Crippen molar-refractivity contribution in [2.75, 3.05) is 13.2 Å². The zero-order valence-electron chi connectivity index (χ0n) is 30.0. The van der Waals surface area contributed by atoms with Crippen LogP contribution in [0, 0.1) is 0 Å². The lowest BCUT2D eigenvalue weighted by Gasteiger charge is -2.23. The van der Waals surface area contributed by atoms with Crippen molar-refractivity contribution in [3.05, 3.63) is 71.8 Å². The predicted octanol–water partition coefficient (Wildman–Crippen LogP) is 8.86. The Morgan fingerprint density at radius 2 is 0.898 bits per heavy atom. The molecular formula is C38H64N2O5S4. The second-order valence-corrected chi connectivity index (χ2v) is 18.9. The normalized spacial score (nSPS) is 14.8. The summed E-state index contributed by atoms with van der Waals surface area (Å²) in [7, 11) is -7.14. The fourth-order valence-corrected chi connectivity index (χ4v) is 10.1. The number of unbranched alkanes of at least 4 members (excludes halogenated alkanes) is 10. The molecule has 0 saturated carbocycles. The standard InChI is InChI=1S/C38H64N2O5S4/c1-3-5-7-9-11-19-25-37(48(41,42)39-29-33-21-15-13-16-22-33)27-35(46)31-45-32-36(47)28-38(26-20-12-10-8-6-4-2)49(43,44)40-30-34-23-17-14-18-24-34/h13-18,21-24,35-40,46-47H,3-12,19-20,25-32H2,1-2H3. The van der Waals surface area contributed by atoms with Crippen molar-refractivity contribution in [1.29, 1.82) is 0 Å². The van der Waals surface area contributed by atoms with Crippen LogP contribution in [0.4, 0.5) is 0 Å². The van der Waals surface area contributed by atoms with Gasteiger partial charge in [-0.25, -0.2) is 26.3 Å². The van der Waals surface area contributed by atoms with Gasteiger partial charge in [-0.05, 0) is 36.8 Å². The number of hydrogen-bond donors (Lipinski definition) is 4. The van der Waals surface area contributed by atoms with Gasteiger partial charge in [0.1, 0.15) is 0 Å². The second kappa shape index (κ2) is 25.8. The van der Waals surface area contributed by atoms with E-state index in [0.29, 0.717) is 25.7 Å². The van der Waals surface area contributed by atoms with E-state index in [9.17, 15) is 16.8 Å². The Morgan fingerprint density at radius 1 is 0.551 bits per heavy atom. The first-order chi connectivity index (χ1) is 23.6. The highest BCUT2D eigenvalue weighted by Gasteiger charge is 2.29. The molecule has 0 radical (unpaired) electrons. The Balaban J connectivity index is 1.93. The van der Waals surface area contributed by atoms with Crippen LogP contribution in [-0.2, 0) is 37.9 Å². The average molecular weight is 757 g/mol. The van der Waals surface area contributed by atoms with Gasteiger partial charge in [0.2, 0.25) is 20.0 Å². The minimum Gasteiger partial charge on any atom is -0.379 e. The van der Waals surface area contributed by atoms with Gasteiger partial charge in [-0.3, -0.25) is 0 Å². The number of rotatable bonds is 30. The molecule has 0 aliphatic rings. The molecule has 0 heterocycles. The summed E-state index contributed by atoms with van der Waals surface area (Å²) in [6.07, 6.45) is 15.0. The van der Waals surface area contributed by atoms with Gasteiger partial charge < -0.3 is 4.74 Å². The van der Waals surface area contributed by atoms with Crippen LogP contribution in [0.3, 0.4) is 0 Å². The van der Waals surface area contributed by atoms with Crippen molar-refractivity contribution in [3.8, 4) is 0 Å². The smallest absolute Gasteiger partial charge is 0.214 e. The van der Waals surface area contributed by atoms with Crippen LogP contribution >= 0.6 is 25.3 Å². The summed E-state index contributed by atoms with van der Waals surface area (Å²) in [4.78, 5) is 0. The molecule has 0 aromatic heterocycles. The number of thiol groups is 2. The van der Waals surface area contributed by atoms with Crippen LogP contribution in [-0.4, -0.2) is 51.0 Å². The van der Waals surface area contributed by atoms with Crippen LogP contribution in [0.15, 0.2) is 60.7 Å². The molecule has 49 heavy (non-hydrogen) atoms. The zero-order chi connectivity index (χ0) is 35.8. The molecule has 2 aromatic carbocycles. The van der Waals surface area contributed by atoms with Gasteiger partial charge >= 0.3 is 0 Å². The molecule has 0 aliphatic carbocycles. The molecule has 2 aromatic rings. The van der Waals surface area contributed by atoms with E-state index in [1.54, 1.807) is 0 Å². The molecule has 2 rings (SSSR count). The molecule has 280 valence electrons. The van der Waals surface area contributed by atoms with E-state index >= 15 is 0 Å². The minimum atomic E-state index is -3.57. The van der Waals surface area contributed by atoms with Crippen LogP contribution in [0.1, 0.15) is 128 Å². The maximum absolute atomic E-state index is 13.4. The van der Waals surface area contributed by atoms with Gasteiger partial charge in [-0.1, -0.05) is 152 Å². The Bertz CT molecular complexity index is 1210. The maximum atomic E-state index is 13.4. The third-order valence-corrected chi connectivity index (χ3v) is 13.4. The molecule has 0 fully saturated rings. The van der Waals surface area contributed by atoms with Gasteiger partial charge in [0, 0.05) is 23.6 Å². The third kappa shape index (κ3) is 19.9. The maximum Gasteiger partial charge on any atom is 0.214 e. The van der Waals surface area contributed by atoms with E-state index in [0.717, 1.165) is 49.7 Å². The SMILES string of the molecule is CCCCCCCCC(CC(S)COCC(S)CC(CCCCCCCC)S(=O)(=O)NCc1ccccc1)S(=O)(=O)NCc1ccccc1. The summed E-state index contributed by atoms with van der Waals surface area (Å²) < 4.78 is 65.4. The summed E-state index contributed by atoms with van der Waals surface area (Å²) in [5.41, 5.74) is 1.84. The molecule has 7 nitrogen and oxygen atoms in total. The van der Waals surface area contributed by atoms with Crippen molar-refractivity contribution in [3.63, 3.8) is 0 Å². The number of sulfonamides is 2.